The van der Waals surface area contributed by atoms with E-state index in [0.29, 0.717) is 28.5 Å². The Balaban J connectivity index is 1.51. The van der Waals surface area contributed by atoms with E-state index in [2.05, 4.69) is 10.3 Å². The van der Waals surface area contributed by atoms with Gasteiger partial charge in [-0.1, -0.05) is 18.2 Å². The molecule has 0 radical (unpaired) electrons. The van der Waals surface area contributed by atoms with Crippen LogP contribution in [0.25, 0.3) is 10.9 Å². The lowest BCUT2D eigenvalue weighted by molar-refractivity contribution is -0.0437. The molecule has 0 aliphatic carbocycles. The second-order valence-electron chi connectivity index (χ2n) is 10.2. The monoisotopic (exact) mass is 630 g/mol. The van der Waals surface area contributed by atoms with Gasteiger partial charge in [0.25, 0.3) is 0 Å². The lowest BCUT2D eigenvalue weighted by atomic mass is 10.0. The molecule has 0 saturated heterocycles. The minimum absolute atomic E-state index is 0.0401. The van der Waals surface area contributed by atoms with E-state index in [9.17, 15) is 36.6 Å². The van der Waals surface area contributed by atoms with E-state index in [1.54, 1.807) is 12.1 Å². The third kappa shape index (κ3) is 6.77. The van der Waals surface area contributed by atoms with Crippen molar-refractivity contribution in [1.29, 1.82) is 5.26 Å². The summed E-state index contributed by atoms with van der Waals surface area (Å²) in [6, 6.07) is 15.6. The predicted octanol–water partition coefficient (Wildman–Crippen LogP) is 3.78. The maximum Gasteiger partial charge on any atom is 0.516 e. The Morgan fingerprint density at radius 3 is 2.57 bits per heavy atom. The molecule has 0 aliphatic rings. The number of aliphatic hydroxyl groups is 1. The molecule has 0 spiro atoms. The van der Waals surface area contributed by atoms with Crippen LogP contribution in [0.5, 0.6) is 0 Å². The van der Waals surface area contributed by atoms with Gasteiger partial charge in [0.15, 0.2) is 0 Å². The van der Waals surface area contributed by atoms with E-state index >= 15 is 0 Å². The number of hydrogen-bond acceptors (Lipinski definition) is 8. The number of nitriles is 1. The van der Waals surface area contributed by atoms with Gasteiger partial charge in [-0.05, 0) is 60.9 Å². The number of nitrogen functional groups attached to an aromatic ring is 1. The highest BCUT2D eigenvalue weighted by atomic mass is 32.2. The average molecular weight is 631 g/mol. The quantitative estimate of drug-likeness (QED) is 0.192. The van der Waals surface area contributed by atoms with Crippen LogP contribution < -0.4 is 15.4 Å². The number of benzene rings is 2. The minimum Gasteiger partial charge on any atom is -0.477 e. The molecule has 2 heterocycles. The molecule has 2 aromatic carbocycles. The third-order valence-electron chi connectivity index (χ3n) is 7.10. The Labute approximate surface area is 251 Å². The first-order chi connectivity index (χ1) is 20.6. The molecule has 232 valence electrons. The summed E-state index contributed by atoms with van der Waals surface area (Å²) in [5.41, 5.74) is 2.33. The largest absolute Gasteiger partial charge is 0.516 e. The molecule has 0 amide bonds. The number of aromatic carboxylic acids is 1. The lowest BCUT2D eigenvalue weighted by Gasteiger charge is -2.21. The van der Waals surface area contributed by atoms with E-state index in [1.165, 1.54) is 41.1 Å². The highest BCUT2D eigenvalue weighted by molar-refractivity contribution is 7.93. The van der Waals surface area contributed by atoms with Gasteiger partial charge in [-0.15, -0.1) is 0 Å². The summed E-state index contributed by atoms with van der Waals surface area (Å²) in [5, 5.41) is 33.4. The molecule has 2 atom stereocenters. The molecule has 15 heteroatoms. The summed E-state index contributed by atoms with van der Waals surface area (Å²) >= 11 is 0. The number of hydrogen-bond donors (Lipinski definition) is 4. The summed E-state index contributed by atoms with van der Waals surface area (Å²) < 4.78 is 64.5. The van der Waals surface area contributed by atoms with Crippen LogP contribution in [0, 0.1) is 11.3 Å². The van der Waals surface area contributed by atoms with Crippen LogP contribution in [0.15, 0.2) is 60.8 Å². The van der Waals surface area contributed by atoms with Gasteiger partial charge in [-0.25, -0.2) is 9.78 Å². The first-order valence-electron chi connectivity index (χ1n) is 13.2. The molecule has 2 aromatic heterocycles. The molecule has 44 heavy (non-hydrogen) atoms. The fraction of sp³-hybridized carbons (Fsp3) is 0.276. The topological polar surface area (TPSA) is 175 Å². The van der Waals surface area contributed by atoms with Gasteiger partial charge in [0.1, 0.15) is 17.6 Å². The molecule has 4 aromatic rings. The number of aliphatic hydroxyl groups excluding tert-OH is 1. The van der Waals surface area contributed by atoms with Crippen molar-refractivity contribution in [2.45, 2.75) is 37.5 Å². The van der Waals surface area contributed by atoms with Crippen LogP contribution in [0.4, 0.5) is 24.7 Å². The number of carboxylic acids is 1. The highest BCUT2D eigenvalue weighted by Crippen LogP contribution is 2.31. The second-order valence-corrected chi connectivity index (χ2v) is 12.2. The van der Waals surface area contributed by atoms with Crippen LogP contribution in [0.3, 0.4) is 0 Å². The number of aromatic nitrogens is 2. The van der Waals surface area contributed by atoms with Gasteiger partial charge in [0, 0.05) is 48.8 Å². The second kappa shape index (κ2) is 12.5. The molecule has 0 aliphatic heterocycles. The molecule has 0 saturated carbocycles. The summed E-state index contributed by atoms with van der Waals surface area (Å²) in [6.07, 6.45) is 1.01. The number of nitrogens with two attached hydrogens (primary N) is 1. The van der Waals surface area contributed by atoms with Gasteiger partial charge in [-0.3, -0.25) is 4.31 Å². The number of halogens is 3. The molecule has 0 fully saturated rings. The first-order valence-corrected chi connectivity index (χ1v) is 14.6. The summed E-state index contributed by atoms with van der Waals surface area (Å²) in [6.45, 7) is 2.05. The Kier molecular flexibility index (Phi) is 9.19. The van der Waals surface area contributed by atoms with Crippen LogP contribution in [0.2, 0.25) is 0 Å². The van der Waals surface area contributed by atoms with E-state index < -0.39 is 27.6 Å². The van der Waals surface area contributed by atoms with Crippen LogP contribution in [-0.4, -0.2) is 59.3 Å². The van der Waals surface area contributed by atoms with E-state index in [1.807, 2.05) is 25.1 Å². The maximum atomic E-state index is 13.1. The van der Waals surface area contributed by atoms with Crippen LogP contribution in [-0.2, 0) is 23.0 Å². The SMILES string of the molecule is CC(Cc1ccc2c(c1)cc(C(=O)O)n2Cc1cccc(N(C)S(=O)(=O)C(F)(F)F)c1)NCC(O)c1cnc(N)c(C#N)c1. The minimum atomic E-state index is -5.61. The van der Waals surface area contributed by atoms with E-state index in [-0.39, 0.29) is 46.2 Å². The Hall–Kier alpha value is -4.65. The van der Waals surface area contributed by atoms with E-state index in [4.69, 9.17) is 11.0 Å². The number of rotatable bonds is 11. The zero-order chi connectivity index (χ0) is 32.4. The molecule has 0 bridgehead atoms. The summed E-state index contributed by atoms with van der Waals surface area (Å²) in [7, 11) is -4.81. The predicted molar refractivity (Wildman–Crippen MR) is 157 cm³/mol. The fourth-order valence-corrected chi connectivity index (χ4v) is 5.44. The third-order valence-corrected chi connectivity index (χ3v) is 8.62. The number of fused-ring (bicyclic) bond motifs is 1. The Bertz CT molecular complexity index is 1850. The van der Waals surface area contributed by atoms with Crippen molar-refractivity contribution < 1.29 is 36.6 Å². The standard InChI is InChI=1S/C29H29F3N6O5S/c1-17(35-15-26(39)22-11-21(13-33)27(34)36-14-22)8-18-6-7-24-20(9-18)12-25(28(40)41)38(24)16-19-4-3-5-23(10-19)37(2)44(42,43)29(30,31)32/h3-7,9-12,14,17,26,35,39H,8,15-16H2,1-2H3,(H2,34,36)(H,40,41). The van der Waals surface area contributed by atoms with E-state index in [0.717, 1.165) is 12.6 Å². The summed E-state index contributed by atoms with van der Waals surface area (Å²) in [5.74, 6) is -1.13. The van der Waals surface area contributed by atoms with Crippen molar-refractivity contribution >= 4 is 38.4 Å². The zero-order valence-corrected chi connectivity index (χ0v) is 24.4. The lowest BCUT2D eigenvalue weighted by Crippen LogP contribution is -2.38. The van der Waals surface area contributed by atoms with Gasteiger partial charge in [0.2, 0.25) is 0 Å². The van der Waals surface area contributed by atoms with Gasteiger partial charge >= 0.3 is 21.5 Å². The van der Waals surface area contributed by atoms with Crippen molar-refractivity contribution in [2.75, 3.05) is 23.6 Å². The Morgan fingerprint density at radius 1 is 1.18 bits per heavy atom. The molecule has 11 nitrogen and oxygen atoms in total. The van der Waals surface area contributed by atoms with Crippen molar-refractivity contribution in [3.05, 3.63) is 88.7 Å². The van der Waals surface area contributed by atoms with Crippen molar-refractivity contribution in [2.24, 2.45) is 0 Å². The fourth-order valence-electron chi connectivity index (χ4n) is 4.74. The van der Waals surface area contributed by atoms with Gasteiger partial charge in [-0.2, -0.15) is 26.9 Å². The average Bonchev–Trinajstić information content (AvgIpc) is 3.32. The van der Waals surface area contributed by atoms with Gasteiger partial charge in [0.05, 0.1) is 17.4 Å². The smallest absolute Gasteiger partial charge is 0.477 e. The molecular weight excluding hydrogens is 601 g/mol. The number of nitrogens with one attached hydrogen (secondary N) is 1. The zero-order valence-electron chi connectivity index (χ0n) is 23.6. The molecular formula is C29H29F3N6O5S. The van der Waals surface area contributed by atoms with Crippen LogP contribution >= 0.6 is 0 Å². The number of alkyl halides is 3. The number of anilines is 2. The number of nitrogens with zero attached hydrogens (tertiary/aromatic N) is 4. The number of sulfonamides is 1. The highest BCUT2D eigenvalue weighted by Gasteiger charge is 2.49. The van der Waals surface area contributed by atoms with Crippen LogP contribution in [0.1, 0.15) is 45.8 Å². The molecule has 5 N–H and O–H groups in total. The number of pyridine rings is 1. The Morgan fingerprint density at radius 2 is 1.91 bits per heavy atom. The van der Waals surface area contributed by atoms with Crippen molar-refractivity contribution in [3.63, 3.8) is 0 Å². The molecule has 2 unspecified atom stereocenters. The number of carboxylic acid groups (broad SMARTS) is 1. The molecule has 4 rings (SSSR count). The normalized spacial score (nSPS) is 13.4. The van der Waals surface area contributed by atoms with Gasteiger partial charge < -0.3 is 25.8 Å². The number of carbonyl (C=O) groups is 1. The summed E-state index contributed by atoms with van der Waals surface area (Å²) in [4.78, 5) is 16.0. The van der Waals surface area contributed by atoms with Crippen molar-refractivity contribution in [3.8, 4) is 6.07 Å². The maximum absolute atomic E-state index is 13.1. The first kappa shape index (κ1) is 32.3. The van der Waals surface area contributed by atoms with Crippen molar-refractivity contribution in [1.82, 2.24) is 14.9 Å².